The van der Waals surface area contributed by atoms with E-state index < -0.39 is 0 Å². The third kappa shape index (κ3) is 6.08. The number of guanidine groups is 1. The highest BCUT2D eigenvalue weighted by Gasteiger charge is 2.16. The fourth-order valence-electron chi connectivity index (χ4n) is 3.30. The van der Waals surface area contributed by atoms with Gasteiger partial charge in [0.15, 0.2) is 5.96 Å². The summed E-state index contributed by atoms with van der Waals surface area (Å²) in [6, 6.07) is 18.2. The van der Waals surface area contributed by atoms with Gasteiger partial charge in [-0.05, 0) is 56.0 Å². The predicted octanol–water partition coefficient (Wildman–Crippen LogP) is 3.20. The molecule has 0 saturated heterocycles. The molecule has 32 heavy (non-hydrogen) atoms. The van der Waals surface area contributed by atoms with E-state index in [-0.39, 0.29) is 5.82 Å². The number of nitrogens with one attached hydrogen (secondary N) is 2. The number of anilines is 1. The minimum Gasteiger partial charge on any atom is -0.382 e. The largest absolute Gasteiger partial charge is 0.382 e. The van der Waals surface area contributed by atoms with Gasteiger partial charge in [-0.15, -0.1) is 0 Å². The minimum absolute atomic E-state index is 0.230. The fraction of sp³-hybridized carbons (Fsp3) is 0.292. The monoisotopic (exact) mass is 433 g/mol. The molecule has 0 aliphatic heterocycles. The Balaban J connectivity index is 1.55. The van der Waals surface area contributed by atoms with Crippen molar-refractivity contribution < 1.29 is 4.39 Å². The minimum atomic E-state index is -0.230. The summed E-state index contributed by atoms with van der Waals surface area (Å²) in [7, 11) is 0. The van der Waals surface area contributed by atoms with Crippen LogP contribution in [0.4, 0.5) is 10.2 Å². The molecule has 0 atom stereocenters. The molecule has 0 spiro atoms. The van der Waals surface area contributed by atoms with Gasteiger partial charge in [-0.1, -0.05) is 30.3 Å². The second-order valence-electron chi connectivity index (χ2n) is 7.23. The van der Waals surface area contributed by atoms with Gasteiger partial charge in [0.25, 0.3) is 0 Å². The van der Waals surface area contributed by atoms with Crippen molar-refractivity contribution in [3.05, 3.63) is 77.2 Å². The number of hydrogen-bond donors (Lipinski definition) is 3. The molecule has 166 valence electrons. The molecule has 0 unspecified atom stereocenters. The van der Waals surface area contributed by atoms with Crippen LogP contribution in [-0.2, 0) is 12.8 Å². The highest BCUT2D eigenvalue weighted by atomic mass is 19.1. The topological polar surface area (TPSA) is 104 Å². The lowest BCUT2D eigenvalue weighted by Gasteiger charge is -2.11. The maximum Gasteiger partial charge on any atom is 0.191 e. The second kappa shape index (κ2) is 11.5. The van der Waals surface area contributed by atoms with E-state index in [9.17, 15) is 9.65 Å². The molecular weight excluding hydrogens is 405 g/mol. The van der Waals surface area contributed by atoms with Gasteiger partial charge in [0, 0.05) is 19.6 Å². The summed E-state index contributed by atoms with van der Waals surface area (Å²) < 4.78 is 14.6. The average Bonchev–Trinajstić information content (AvgIpc) is 3.13. The maximum absolute atomic E-state index is 13.0. The number of benzene rings is 2. The molecule has 0 fully saturated rings. The first-order chi connectivity index (χ1) is 15.6. The zero-order chi connectivity index (χ0) is 22.8. The molecule has 0 radical (unpaired) electrons. The number of aryl methyl sites for hydroxylation is 1. The Labute approximate surface area is 187 Å². The first-order valence-electron chi connectivity index (χ1n) is 10.7. The summed E-state index contributed by atoms with van der Waals surface area (Å²) in [5.41, 5.74) is 9.14. The maximum atomic E-state index is 13.0. The molecule has 0 aliphatic carbocycles. The van der Waals surface area contributed by atoms with Gasteiger partial charge in [-0.25, -0.2) is 9.07 Å². The van der Waals surface area contributed by atoms with Crippen LogP contribution in [-0.4, -0.2) is 35.4 Å². The molecule has 3 rings (SSSR count). The highest BCUT2D eigenvalue weighted by molar-refractivity contribution is 5.79. The Hall–Kier alpha value is -3.86. The molecule has 1 heterocycles. The first kappa shape index (κ1) is 22.8. The molecule has 3 aromatic rings. The van der Waals surface area contributed by atoms with Crippen LogP contribution >= 0.6 is 0 Å². The van der Waals surface area contributed by atoms with E-state index in [0.717, 1.165) is 36.6 Å². The first-order valence-corrected chi connectivity index (χ1v) is 10.7. The van der Waals surface area contributed by atoms with Gasteiger partial charge in [0.2, 0.25) is 0 Å². The number of para-hydroxylation sites is 1. The molecule has 0 bridgehead atoms. The van der Waals surface area contributed by atoms with Crippen LogP contribution in [0.15, 0.2) is 59.6 Å². The lowest BCUT2D eigenvalue weighted by Crippen LogP contribution is -2.38. The van der Waals surface area contributed by atoms with Crippen molar-refractivity contribution in [2.75, 3.05) is 25.4 Å². The molecule has 4 N–H and O–H groups in total. The molecule has 7 nitrogen and oxygen atoms in total. The van der Waals surface area contributed by atoms with E-state index in [2.05, 4.69) is 26.8 Å². The smallest absolute Gasteiger partial charge is 0.191 e. The molecule has 2 aromatic carbocycles. The van der Waals surface area contributed by atoms with Gasteiger partial charge in [0.1, 0.15) is 23.3 Å². The van der Waals surface area contributed by atoms with E-state index in [1.165, 1.54) is 12.1 Å². The van der Waals surface area contributed by atoms with Crippen LogP contribution < -0.4 is 16.4 Å². The summed E-state index contributed by atoms with van der Waals surface area (Å²) in [6.45, 7) is 4.03. The normalized spacial score (nSPS) is 11.2. The highest BCUT2D eigenvalue weighted by Crippen LogP contribution is 2.21. The number of aliphatic imine (C=N–C) groups is 1. The summed E-state index contributed by atoms with van der Waals surface area (Å²) in [4.78, 5) is 4.60. The van der Waals surface area contributed by atoms with Crippen LogP contribution in [0.5, 0.6) is 0 Å². The van der Waals surface area contributed by atoms with E-state index in [0.29, 0.717) is 36.6 Å². The van der Waals surface area contributed by atoms with E-state index in [1.807, 2.05) is 37.3 Å². The third-order valence-corrected chi connectivity index (χ3v) is 4.91. The van der Waals surface area contributed by atoms with Crippen molar-refractivity contribution in [2.24, 2.45) is 4.99 Å². The van der Waals surface area contributed by atoms with Crippen LogP contribution in [0.3, 0.4) is 0 Å². The molecular formula is C24H28FN7. The van der Waals surface area contributed by atoms with Gasteiger partial charge < -0.3 is 16.4 Å². The van der Waals surface area contributed by atoms with E-state index in [1.54, 1.807) is 16.8 Å². The lowest BCUT2D eigenvalue weighted by molar-refractivity contribution is 0.626. The van der Waals surface area contributed by atoms with E-state index >= 15 is 0 Å². The fourth-order valence-corrected chi connectivity index (χ4v) is 3.30. The Morgan fingerprint density at radius 1 is 1.12 bits per heavy atom. The SMILES string of the molecule is CCNC(=NCCCc1nn(-c2ccccc2)c(N)c1C#N)NCCc1ccc(F)cc1. The van der Waals surface area contributed by atoms with Crippen molar-refractivity contribution in [2.45, 2.75) is 26.2 Å². The van der Waals surface area contributed by atoms with E-state index in [4.69, 9.17) is 5.73 Å². The van der Waals surface area contributed by atoms with Crippen LogP contribution in [0, 0.1) is 17.1 Å². The molecule has 0 saturated carbocycles. The zero-order valence-corrected chi connectivity index (χ0v) is 18.2. The number of halogens is 1. The van der Waals surface area contributed by atoms with Crippen molar-refractivity contribution in [1.82, 2.24) is 20.4 Å². The standard InChI is InChI=1S/C24H28FN7/c1-2-28-24(30-16-14-18-10-12-19(25)13-11-18)29-15-6-9-22-21(17-26)23(27)32(31-22)20-7-4-3-5-8-20/h3-5,7-8,10-13H,2,6,9,14-16,27H2,1H3,(H2,28,29,30). The van der Waals surface area contributed by atoms with Crippen LogP contribution in [0.2, 0.25) is 0 Å². The van der Waals surface area contributed by atoms with Crippen LogP contribution in [0.25, 0.3) is 5.69 Å². The number of nitrogen functional groups attached to an aromatic ring is 1. The molecule has 0 amide bonds. The van der Waals surface area contributed by atoms with Crippen molar-refractivity contribution in [3.8, 4) is 11.8 Å². The molecule has 1 aromatic heterocycles. The quantitative estimate of drug-likeness (QED) is 0.273. The number of hydrogen-bond acceptors (Lipinski definition) is 4. The Morgan fingerprint density at radius 2 is 1.88 bits per heavy atom. The van der Waals surface area contributed by atoms with Gasteiger partial charge in [-0.2, -0.15) is 10.4 Å². The predicted molar refractivity (Wildman–Crippen MR) is 125 cm³/mol. The molecule has 8 heteroatoms. The summed E-state index contributed by atoms with van der Waals surface area (Å²) >= 11 is 0. The summed E-state index contributed by atoms with van der Waals surface area (Å²) in [5, 5.41) is 20.6. The Bertz CT molecular complexity index is 1070. The summed E-state index contributed by atoms with van der Waals surface area (Å²) in [6.07, 6.45) is 2.10. The lowest BCUT2D eigenvalue weighted by atomic mass is 10.1. The van der Waals surface area contributed by atoms with Gasteiger partial charge in [-0.3, -0.25) is 4.99 Å². The Kier molecular flexibility index (Phi) is 8.21. The number of aromatic nitrogens is 2. The summed E-state index contributed by atoms with van der Waals surface area (Å²) in [5.74, 6) is 0.851. The number of nitrogens with zero attached hydrogens (tertiary/aromatic N) is 4. The van der Waals surface area contributed by atoms with Gasteiger partial charge in [0.05, 0.1) is 11.4 Å². The second-order valence-corrected chi connectivity index (χ2v) is 7.23. The van der Waals surface area contributed by atoms with Gasteiger partial charge >= 0.3 is 0 Å². The number of rotatable bonds is 9. The zero-order valence-electron chi connectivity index (χ0n) is 18.2. The molecule has 0 aliphatic rings. The van der Waals surface area contributed by atoms with Crippen molar-refractivity contribution in [3.63, 3.8) is 0 Å². The van der Waals surface area contributed by atoms with Crippen molar-refractivity contribution >= 4 is 11.8 Å². The number of nitriles is 1. The number of nitrogens with two attached hydrogens (primary N) is 1. The van der Waals surface area contributed by atoms with Crippen LogP contribution in [0.1, 0.15) is 30.2 Å². The average molecular weight is 434 g/mol. The Morgan fingerprint density at radius 3 is 2.56 bits per heavy atom. The third-order valence-electron chi connectivity index (χ3n) is 4.91. The van der Waals surface area contributed by atoms with Crippen molar-refractivity contribution in [1.29, 1.82) is 5.26 Å².